The summed E-state index contributed by atoms with van der Waals surface area (Å²) in [5, 5.41) is 3.32. The lowest BCUT2D eigenvalue weighted by atomic mass is 10.1. The second-order valence-corrected chi connectivity index (χ2v) is 5.74. The number of nitrogens with one attached hydrogen (secondary N) is 2. The summed E-state index contributed by atoms with van der Waals surface area (Å²) in [6, 6.07) is 1.42. The Labute approximate surface area is 121 Å². The first-order valence-corrected chi connectivity index (χ1v) is 7.71. The quantitative estimate of drug-likeness (QED) is 0.622. The Balaban J connectivity index is 1.72. The molecule has 0 bridgehead atoms. The summed E-state index contributed by atoms with van der Waals surface area (Å²) in [5.41, 5.74) is 0.447. The van der Waals surface area contributed by atoms with E-state index in [9.17, 15) is 9.59 Å². The monoisotopic (exact) mass is 297 g/mol. The molecule has 7 heteroatoms. The number of carbonyl (C=O) groups is 1. The summed E-state index contributed by atoms with van der Waals surface area (Å²) in [4.78, 5) is 29.7. The van der Waals surface area contributed by atoms with E-state index in [1.54, 1.807) is 6.92 Å². The first-order chi connectivity index (χ1) is 9.63. The predicted octanol–water partition coefficient (Wildman–Crippen LogP) is 0.856. The molecule has 0 saturated carbocycles. The highest BCUT2D eigenvalue weighted by Gasteiger charge is 2.14. The van der Waals surface area contributed by atoms with Crippen molar-refractivity contribution in [2.24, 2.45) is 0 Å². The number of carbonyl (C=O) groups excluding carboxylic acids is 1. The fraction of sp³-hybridized carbons (Fsp3) is 0.615. The molecule has 1 aromatic heterocycles. The molecule has 0 aromatic carbocycles. The summed E-state index contributed by atoms with van der Waals surface area (Å²) in [6.07, 6.45) is 3.39. The summed E-state index contributed by atoms with van der Waals surface area (Å²) in [6.45, 7) is 3.08. The third-order valence-electron chi connectivity index (χ3n) is 2.99. The van der Waals surface area contributed by atoms with Crippen LogP contribution < -0.4 is 10.9 Å². The Morgan fingerprint density at radius 3 is 3.15 bits per heavy atom. The molecule has 1 aliphatic heterocycles. The molecule has 0 spiro atoms. The molecular weight excluding hydrogens is 278 g/mol. The molecular formula is C13H19N3O3S. The van der Waals surface area contributed by atoms with Crippen molar-refractivity contribution >= 4 is 17.7 Å². The van der Waals surface area contributed by atoms with E-state index in [-0.39, 0.29) is 23.3 Å². The Kier molecular flexibility index (Phi) is 5.60. The molecule has 0 aliphatic carbocycles. The SMILES string of the molecule is Cc1cc(=O)[nH]c(SCC(=O)NC[C@H]2CCCCO2)n1. The number of H-pyrrole nitrogens is 1. The van der Waals surface area contributed by atoms with Gasteiger partial charge in [-0.05, 0) is 26.2 Å². The normalized spacial score (nSPS) is 18.8. The predicted molar refractivity (Wildman–Crippen MR) is 76.9 cm³/mol. The number of aromatic amines is 1. The highest BCUT2D eigenvalue weighted by molar-refractivity contribution is 7.99. The summed E-state index contributed by atoms with van der Waals surface area (Å²) in [5.74, 6) is 0.160. The number of amides is 1. The number of aryl methyl sites for hydroxylation is 1. The molecule has 1 atom stereocenters. The van der Waals surface area contributed by atoms with Gasteiger partial charge in [0.05, 0.1) is 11.9 Å². The molecule has 2 rings (SSSR count). The lowest BCUT2D eigenvalue weighted by Crippen LogP contribution is -2.36. The van der Waals surface area contributed by atoms with Gasteiger partial charge in [-0.25, -0.2) is 4.98 Å². The molecule has 1 saturated heterocycles. The minimum atomic E-state index is -0.198. The van der Waals surface area contributed by atoms with Gasteiger partial charge in [-0.3, -0.25) is 9.59 Å². The molecule has 1 aromatic rings. The van der Waals surface area contributed by atoms with E-state index in [1.165, 1.54) is 17.8 Å². The van der Waals surface area contributed by atoms with E-state index >= 15 is 0 Å². The lowest BCUT2D eigenvalue weighted by molar-refractivity contribution is -0.119. The van der Waals surface area contributed by atoms with Crippen LogP contribution >= 0.6 is 11.8 Å². The second-order valence-electron chi connectivity index (χ2n) is 4.77. The zero-order valence-electron chi connectivity index (χ0n) is 11.5. The van der Waals surface area contributed by atoms with Gasteiger partial charge >= 0.3 is 0 Å². The van der Waals surface area contributed by atoms with Gasteiger partial charge in [-0.15, -0.1) is 0 Å². The number of ether oxygens (including phenoxy) is 1. The van der Waals surface area contributed by atoms with Gasteiger partial charge in [0.2, 0.25) is 5.91 Å². The molecule has 0 radical (unpaired) electrons. The van der Waals surface area contributed by atoms with Crippen LogP contribution in [0.3, 0.4) is 0 Å². The maximum atomic E-state index is 11.7. The first kappa shape index (κ1) is 15.1. The van der Waals surface area contributed by atoms with E-state index in [1.807, 2.05) is 0 Å². The average molecular weight is 297 g/mol. The highest BCUT2D eigenvalue weighted by atomic mass is 32.2. The highest BCUT2D eigenvalue weighted by Crippen LogP contribution is 2.12. The van der Waals surface area contributed by atoms with Crippen molar-refractivity contribution in [3.05, 3.63) is 22.1 Å². The van der Waals surface area contributed by atoms with E-state index in [0.29, 0.717) is 17.4 Å². The molecule has 2 N–H and O–H groups in total. The largest absolute Gasteiger partial charge is 0.376 e. The van der Waals surface area contributed by atoms with Gasteiger partial charge in [-0.2, -0.15) is 0 Å². The van der Waals surface area contributed by atoms with Gasteiger partial charge in [0, 0.05) is 24.9 Å². The van der Waals surface area contributed by atoms with E-state index < -0.39 is 0 Å². The number of thioether (sulfide) groups is 1. The van der Waals surface area contributed by atoms with Crippen molar-refractivity contribution in [1.29, 1.82) is 0 Å². The number of rotatable bonds is 5. The standard InChI is InChI=1S/C13H19N3O3S/c1-9-6-11(17)16-13(15-9)20-8-12(18)14-7-10-4-2-3-5-19-10/h6,10H,2-5,7-8H2,1H3,(H,14,18)(H,15,16,17)/t10-/m1/s1. The van der Waals surface area contributed by atoms with Crippen molar-refractivity contribution < 1.29 is 9.53 Å². The van der Waals surface area contributed by atoms with E-state index in [4.69, 9.17) is 4.74 Å². The Morgan fingerprint density at radius 2 is 2.45 bits per heavy atom. The van der Waals surface area contributed by atoms with Crippen LogP contribution in [0.15, 0.2) is 16.0 Å². The molecule has 110 valence electrons. The third-order valence-corrected chi connectivity index (χ3v) is 3.86. The fourth-order valence-corrected chi connectivity index (χ4v) is 2.75. The summed E-state index contributed by atoms with van der Waals surface area (Å²) >= 11 is 1.22. The van der Waals surface area contributed by atoms with E-state index in [2.05, 4.69) is 15.3 Å². The fourth-order valence-electron chi connectivity index (χ4n) is 2.00. The number of hydrogen-bond acceptors (Lipinski definition) is 5. The summed E-state index contributed by atoms with van der Waals surface area (Å²) in [7, 11) is 0. The molecule has 20 heavy (non-hydrogen) atoms. The van der Waals surface area contributed by atoms with Crippen molar-refractivity contribution in [1.82, 2.24) is 15.3 Å². The van der Waals surface area contributed by atoms with Crippen LogP contribution in [-0.4, -0.2) is 40.9 Å². The van der Waals surface area contributed by atoms with Crippen LogP contribution in [0.5, 0.6) is 0 Å². The third kappa shape index (κ3) is 4.97. The molecule has 1 aliphatic rings. The van der Waals surface area contributed by atoms with Crippen molar-refractivity contribution in [3.8, 4) is 0 Å². The van der Waals surface area contributed by atoms with Crippen molar-refractivity contribution in [3.63, 3.8) is 0 Å². The zero-order valence-corrected chi connectivity index (χ0v) is 12.3. The lowest BCUT2D eigenvalue weighted by Gasteiger charge is -2.22. The number of nitrogens with zero attached hydrogens (tertiary/aromatic N) is 1. The molecule has 2 heterocycles. The van der Waals surface area contributed by atoms with Crippen LogP contribution in [0.2, 0.25) is 0 Å². The molecule has 0 unspecified atom stereocenters. The smallest absolute Gasteiger partial charge is 0.251 e. The minimum Gasteiger partial charge on any atom is -0.376 e. The van der Waals surface area contributed by atoms with Crippen LogP contribution in [0.4, 0.5) is 0 Å². The van der Waals surface area contributed by atoms with Gasteiger partial charge in [0.1, 0.15) is 0 Å². The van der Waals surface area contributed by atoms with Crippen LogP contribution in [0.25, 0.3) is 0 Å². The maximum absolute atomic E-state index is 11.7. The molecule has 1 amide bonds. The minimum absolute atomic E-state index is 0.0756. The number of hydrogen-bond donors (Lipinski definition) is 2. The van der Waals surface area contributed by atoms with Crippen molar-refractivity contribution in [2.75, 3.05) is 18.9 Å². The average Bonchev–Trinajstić information content (AvgIpc) is 2.43. The van der Waals surface area contributed by atoms with Crippen LogP contribution in [0, 0.1) is 6.92 Å². The van der Waals surface area contributed by atoms with E-state index in [0.717, 1.165) is 25.9 Å². The van der Waals surface area contributed by atoms with Crippen LogP contribution in [0.1, 0.15) is 25.0 Å². The van der Waals surface area contributed by atoms with Gasteiger partial charge in [-0.1, -0.05) is 11.8 Å². The van der Waals surface area contributed by atoms with Crippen molar-refractivity contribution in [2.45, 2.75) is 37.4 Å². The zero-order chi connectivity index (χ0) is 14.4. The number of aromatic nitrogens is 2. The maximum Gasteiger partial charge on any atom is 0.251 e. The first-order valence-electron chi connectivity index (χ1n) is 6.72. The molecule has 6 nitrogen and oxygen atoms in total. The van der Waals surface area contributed by atoms with Gasteiger partial charge in [0.15, 0.2) is 5.16 Å². The second kappa shape index (κ2) is 7.44. The Hall–Kier alpha value is -1.34. The van der Waals surface area contributed by atoms with Gasteiger partial charge in [0.25, 0.3) is 5.56 Å². The van der Waals surface area contributed by atoms with Crippen LogP contribution in [-0.2, 0) is 9.53 Å². The Bertz CT molecular complexity index is 512. The van der Waals surface area contributed by atoms with Gasteiger partial charge < -0.3 is 15.0 Å². The Morgan fingerprint density at radius 1 is 1.60 bits per heavy atom. The summed E-state index contributed by atoms with van der Waals surface area (Å²) < 4.78 is 5.54. The topological polar surface area (TPSA) is 84.1 Å². The molecule has 1 fully saturated rings.